The molecule has 0 amide bonds. The molecule has 0 spiro atoms. The van der Waals surface area contributed by atoms with Crippen LogP contribution in [-0.2, 0) is 11.3 Å². The second-order valence-electron chi connectivity index (χ2n) is 4.93. The summed E-state index contributed by atoms with van der Waals surface area (Å²) in [6.45, 7) is 2.61. The van der Waals surface area contributed by atoms with Gasteiger partial charge in [-0.3, -0.25) is 0 Å². The van der Waals surface area contributed by atoms with E-state index in [4.69, 9.17) is 16.3 Å². The molecular formula is C15H22ClNO. The van der Waals surface area contributed by atoms with Crippen molar-refractivity contribution < 1.29 is 4.74 Å². The second-order valence-corrected chi connectivity index (χ2v) is 5.34. The number of hydrogen-bond donors (Lipinski definition) is 1. The number of benzene rings is 1. The summed E-state index contributed by atoms with van der Waals surface area (Å²) in [6, 6.07) is 8.69. The molecule has 0 atom stereocenters. The van der Waals surface area contributed by atoms with Crippen LogP contribution in [0.4, 0.5) is 0 Å². The fourth-order valence-corrected chi connectivity index (χ4v) is 2.09. The van der Waals surface area contributed by atoms with E-state index >= 15 is 0 Å². The summed E-state index contributed by atoms with van der Waals surface area (Å²) < 4.78 is 5.64. The quantitative estimate of drug-likeness (QED) is 0.688. The van der Waals surface area contributed by atoms with Crippen molar-refractivity contribution in [3.05, 3.63) is 34.9 Å². The molecule has 0 heterocycles. The first-order valence-corrected chi connectivity index (χ1v) is 7.28. The lowest BCUT2D eigenvalue weighted by Crippen LogP contribution is -2.17. The summed E-state index contributed by atoms with van der Waals surface area (Å²) in [4.78, 5) is 0. The van der Waals surface area contributed by atoms with Crippen molar-refractivity contribution in [1.82, 2.24) is 5.32 Å². The molecule has 1 N–H and O–H groups in total. The van der Waals surface area contributed by atoms with Crippen LogP contribution in [0.1, 0.15) is 37.7 Å². The molecule has 1 aromatic rings. The van der Waals surface area contributed by atoms with E-state index in [1.807, 2.05) is 24.3 Å². The molecule has 0 unspecified atom stereocenters. The Bertz CT molecular complexity index is 352. The lowest BCUT2D eigenvalue weighted by molar-refractivity contribution is 0.117. The van der Waals surface area contributed by atoms with E-state index in [0.717, 1.165) is 36.2 Å². The summed E-state index contributed by atoms with van der Waals surface area (Å²) >= 11 is 6.05. The van der Waals surface area contributed by atoms with Crippen LogP contribution in [0, 0.1) is 0 Å². The third-order valence-electron chi connectivity index (χ3n) is 3.19. The molecule has 1 aliphatic rings. The van der Waals surface area contributed by atoms with Crippen LogP contribution in [0.5, 0.6) is 0 Å². The average Bonchev–Trinajstić information content (AvgIpc) is 3.19. The van der Waals surface area contributed by atoms with Crippen LogP contribution in [-0.4, -0.2) is 19.2 Å². The van der Waals surface area contributed by atoms with Gasteiger partial charge in [0.15, 0.2) is 0 Å². The topological polar surface area (TPSA) is 21.3 Å². The molecule has 0 aliphatic heterocycles. The monoisotopic (exact) mass is 267 g/mol. The van der Waals surface area contributed by atoms with Crippen LogP contribution in [0.3, 0.4) is 0 Å². The molecule has 2 nitrogen and oxygen atoms in total. The highest BCUT2D eigenvalue weighted by atomic mass is 35.5. The number of rotatable bonds is 9. The first-order chi connectivity index (χ1) is 8.86. The highest BCUT2D eigenvalue weighted by Gasteiger charge is 2.19. The number of unbranched alkanes of at least 4 members (excludes halogenated alkanes) is 2. The summed E-state index contributed by atoms with van der Waals surface area (Å²) in [5.41, 5.74) is 1.08. The van der Waals surface area contributed by atoms with Crippen LogP contribution in [0.25, 0.3) is 0 Å². The molecule has 0 bridgehead atoms. The van der Waals surface area contributed by atoms with Gasteiger partial charge in [0.05, 0.1) is 6.61 Å². The van der Waals surface area contributed by atoms with Crippen molar-refractivity contribution in [1.29, 1.82) is 0 Å². The maximum Gasteiger partial charge on any atom is 0.0731 e. The summed E-state index contributed by atoms with van der Waals surface area (Å²) in [5.74, 6) is 0. The van der Waals surface area contributed by atoms with Gasteiger partial charge in [-0.2, -0.15) is 0 Å². The van der Waals surface area contributed by atoms with E-state index < -0.39 is 0 Å². The lowest BCUT2D eigenvalue weighted by atomic mass is 10.2. The van der Waals surface area contributed by atoms with Gasteiger partial charge < -0.3 is 10.1 Å². The predicted molar refractivity (Wildman–Crippen MR) is 76.0 cm³/mol. The molecule has 1 fully saturated rings. The largest absolute Gasteiger partial charge is 0.377 e. The zero-order valence-electron chi connectivity index (χ0n) is 10.8. The van der Waals surface area contributed by atoms with Gasteiger partial charge in [-0.25, -0.2) is 0 Å². The van der Waals surface area contributed by atoms with E-state index in [1.165, 1.54) is 25.7 Å². The van der Waals surface area contributed by atoms with Gasteiger partial charge in [0.25, 0.3) is 0 Å². The zero-order valence-corrected chi connectivity index (χ0v) is 11.6. The van der Waals surface area contributed by atoms with Gasteiger partial charge in [-0.05, 0) is 50.3 Å². The lowest BCUT2D eigenvalue weighted by Gasteiger charge is -2.06. The Hall–Kier alpha value is -0.570. The minimum atomic E-state index is 0.625. The first kappa shape index (κ1) is 13.9. The first-order valence-electron chi connectivity index (χ1n) is 6.91. The van der Waals surface area contributed by atoms with Crippen LogP contribution in [0.15, 0.2) is 24.3 Å². The Morgan fingerprint density at radius 1 is 1.17 bits per heavy atom. The van der Waals surface area contributed by atoms with Crippen LogP contribution < -0.4 is 5.32 Å². The van der Waals surface area contributed by atoms with Gasteiger partial charge in [-0.15, -0.1) is 0 Å². The van der Waals surface area contributed by atoms with E-state index in [2.05, 4.69) is 5.32 Å². The highest BCUT2D eigenvalue weighted by molar-refractivity contribution is 6.31. The van der Waals surface area contributed by atoms with Crippen molar-refractivity contribution >= 4 is 11.6 Å². The van der Waals surface area contributed by atoms with Crippen molar-refractivity contribution in [3.63, 3.8) is 0 Å². The predicted octanol–water partition coefficient (Wildman–Crippen LogP) is 3.78. The van der Waals surface area contributed by atoms with Crippen molar-refractivity contribution in [2.75, 3.05) is 13.2 Å². The Kier molecular flexibility index (Phi) is 5.98. The van der Waals surface area contributed by atoms with Gasteiger partial charge in [0.2, 0.25) is 0 Å². The highest BCUT2D eigenvalue weighted by Crippen LogP contribution is 2.18. The number of nitrogens with one attached hydrogen (secondary N) is 1. The third kappa shape index (κ3) is 5.38. The minimum absolute atomic E-state index is 0.625. The normalized spacial score (nSPS) is 14.9. The molecule has 0 saturated heterocycles. The van der Waals surface area contributed by atoms with Crippen molar-refractivity contribution in [2.24, 2.45) is 0 Å². The Balaban J connectivity index is 1.44. The second kappa shape index (κ2) is 7.78. The molecule has 0 aromatic heterocycles. The van der Waals surface area contributed by atoms with E-state index in [9.17, 15) is 0 Å². The Morgan fingerprint density at radius 3 is 2.78 bits per heavy atom. The van der Waals surface area contributed by atoms with Crippen LogP contribution >= 0.6 is 11.6 Å². The van der Waals surface area contributed by atoms with Gasteiger partial charge in [0, 0.05) is 17.7 Å². The fraction of sp³-hybridized carbons (Fsp3) is 0.600. The number of ether oxygens (including phenoxy) is 1. The molecule has 1 saturated carbocycles. The van der Waals surface area contributed by atoms with Gasteiger partial charge in [0.1, 0.15) is 0 Å². The maximum absolute atomic E-state index is 6.05. The molecule has 0 radical (unpaired) electrons. The number of hydrogen-bond acceptors (Lipinski definition) is 2. The Morgan fingerprint density at radius 2 is 2.00 bits per heavy atom. The van der Waals surface area contributed by atoms with E-state index in [1.54, 1.807) is 0 Å². The third-order valence-corrected chi connectivity index (χ3v) is 3.56. The zero-order chi connectivity index (χ0) is 12.6. The van der Waals surface area contributed by atoms with Crippen molar-refractivity contribution in [2.45, 2.75) is 44.8 Å². The van der Waals surface area contributed by atoms with Gasteiger partial charge in [-0.1, -0.05) is 29.8 Å². The van der Waals surface area contributed by atoms with Crippen LogP contribution in [0.2, 0.25) is 5.02 Å². The van der Waals surface area contributed by atoms with E-state index in [0.29, 0.717) is 6.61 Å². The Labute approximate surface area is 115 Å². The molecule has 100 valence electrons. The summed E-state index contributed by atoms with van der Waals surface area (Å²) in [5, 5.41) is 4.32. The fourth-order valence-electron chi connectivity index (χ4n) is 1.90. The molecule has 2 rings (SSSR count). The number of halogens is 1. The molecular weight excluding hydrogens is 246 g/mol. The standard InChI is InChI=1S/C15H22ClNO/c16-15-7-3-2-6-13(15)12-18-11-5-1-4-10-17-14-8-9-14/h2-3,6-7,14,17H,1,4-5,8-12H2. The molecule has 3 heteroatoms. The smallest absolute Gasteiger partial charge is 0.0731 e. The minimum Gasteiger partial charge on any atom is -0.377 e. The van der Waals surface area contributed by atoms with Crippen molar-refractivity contribution in [3.8, 4) is 0 Å². The summed E-state index contributed by atoms with van der Waals surface area (Å²) in [7, 11) is 0. The molecule has 18 heavy (non-hydrogen) atoms. The molecule has 1 aliphatic carbocycles. The SMILES string of the molecule is Clc1ccccc1COCCCCCNC1CC1. The van der Waals surface area contributed by atoms with E-state index in [-0.39, 0.29) is 0 Å². The molecule has 1 aromatic carbocycles. The average molecular weight is 268 g/mol. The summed E-state index contributed by atoms with van der Waals surface area (Å²) in [6.07, 6.45) is 6.38. The van der Waals surface area contributed by atoms with Gasteiger partial charge >= 0.3 is 0 Å². The maximum atomic E-state index is 6.05.